The molecule has 0 unspecified atom stereocenters. The molecule has 0 amide bonds. The summed E-state index contributed by atoms with van der Waals surface area (Å²) in [5.41, 5.74) is 0. The SMILES string of the molecule is CCCCC/C=C\C/C=C\C[C@@H]1O[C@@H]1C/C=C\CCCC(=O)[O-]. The molecule has 1 fully saturated rings. The second kappa shape index (κ2) is 13.1. The van der Waals surface area contributed by atoms with E-state index >= 15 is 0 Å². The van der Waals surface area contributed by atoms with E-state index in [0.29, 0.717) is 18.6 Å². The summed E-state index contributed by atoms with van der Waals surface area (Å²) in [6.45, 7) is 2.23. The van der Waals surface area contributed by atoms with Crippen LogP contribution in [0.4, 0.5) is 0 Å². The van der Waals surface area contributed by atoms with Gasteiger partial charge in [0.05, 0.1) is 12.2 Å². The second-order valence-corrected chi connectivity index (χ2v) is 6.09. The number of aliphatic carboxylic acids is 1. The van der Waals surface area contributed by atoms with Crippen LogP contribution in [0.15, 0.2) is 36.5 Å². The van der Waals surface area contributed by atoms with Crippen LogP contribution in [0.5, 0.6) is 0 Å². The first-order valence-electron chi connectivity index (χ1n) is 9.04. The van der Waals surface area contributed by atoms with Crippen LogP contribution in [0.25, 0.3) is 0 Å². The Bertz CT molecular complexity index is 396. The van der Waals surface area contributed by atoms with Gasteiger partial charge in [0.25, 0.3) is 0 Å². The van der Waals surface area contributed by atoms with Crippen LogP contribution in [0.1, 0.15) is 71.1 Å². The van der Waals surface area contributed by atoms with E-state index in [1.54, 1.807) is 0 Å². The third-order valence-corrected chi connectivity index (χ3v) is 3.92. The average molecular weight is 319 g/mol. The van der Waals surface area contributed by atoms with Crippen LogP contribution in [0.3, 0.4) is 0 Å². The normalized spacial score (nSPS) is 20.9. The van der Waals surface area contributed by atoms with E-state index in [2.05, 4.69) is 37.3 Å². The summed E-state index contributed by atoms with van der Waals surface area (Å²) in [6.07, 6.45) is 23.5. The summed E-state index contributed by atoms with van der Waals surface area (Å²) in [5, 5.41) is 10.3. The van der Waals surface area contributed by atoms with Gasteiger partial charge in [-0.1, -0.05) is 56.2 Å². The fourth-order valence-corrected chi connectivity index (χ4v) is 2.44. The monoisotopic (exact) mass is 319 g/mol. The van der Waals surface area contributed by atoms with Gasteiger partial charge in [-0.25, -0.2) is 0 Å². The van der Waals surface area contributed by atoms with Crippen LogP contribution in [0.2, 0.25) is 0 Å². The number of allylic oxidation sites excluding steroid dienone is 4. The van der Waals surface area contributed by atoms with Crippen LogP contribution in [0, 0.1) is 0 Å². The number of unbranched alkanes of at least 4 members (excludes halogenated alkanes) is 4. The Morgan fingerprint density at radius 1 is 0.913 bits per heavy atom. The number of epoxide rings is 1. The van der Waals surface area contributed by atoms with E-state index < -0.39 is 5.97 Å². The smallest absolute Gasteiger partial charge is 0.0879 e. The molecule has 1 rings (SSSR count). The maximum atomic E-state index is 10.3. The molecule has 0 bridgehead atoms. The van der Waals surface area contributed by atoms with E-state index in [9.17, 15) is 9.90 Å². The van der Waals surface area contributed by atoms with Gasteiger partial charge in [-0.15, -0.1) is 0 Å². The minimum absolute atomic E-state index is 0.144. The minimum atomic E-state index is -0.966. The van der Waals surface area contributed by atoms with Crippen molar-refractivity contribution in [2.24, 2.45) is 0 Å². The average Bonchev–Trinajstić information content (AvgIpc) is 3.27. The summed E-state index contributed by atoms with van der Waals surface area (Å²) < 4.78 is 5.61. The highest BCUT2D eigenvalue weighted by atomic mass is 16.6. The van der Waals surface area contributed by atoms with Crippen molar-refractivity contribution in [1.29, 1.82) is 0 Å². The zero-order valence-corrected chi connectivity index (χ0v) is 14.4. The van der Waals surface area contributed by atoms with E-state index in [4.69, 9.17) is 4.74 Å². The lowest BCUT2D eigenvalue weighted by atomic mass is 10.1. The van der Waals surface area contributed by atoms with Gasteiger partial charge < -0.3 is 14.6 Å². The van der Waals surface area contributed by atoms with Crippen molar-refractivity contribution in [3.05, 3.63) is 36.5 Å². The maximum Gasteiger partial charge on any atom is 0.0879 e. The Morgan fingerprint density at radius 2 is 1.52 bits per heavy atom. The highest BCUT2D eigenvalue weighted by Crippen LogP contribution is 2.29. The Hall–Kier alpha value is -1.35. The number of ether oxygens (including phenoxy) is 1. The standard InChI is InChI=1S/C20H32O3/c1-2-3-4-5-6-7-8-9-12-15-18-19(23-18)16-13-10-11-14-17-20(21)22/h6-7,9-10,12-13,18-19H,2-5,8,11,14-17H2,1H3,(H,21,22)/p-1/b7-6-,12-9-,13-10-/t18-,19+/m0/s1. The number of carboxylic acid groups (broad SMARTS) is 1. The zero-order valence-electron chi connectivity index (χ0n) is 14.4. The Morgan fingerprint density at radius 3 is 2.22 bits per heavy atom. The first-order valence-corrected chi connectivity index (χ1v) is 9.04. The van der Waals surface area contributed by atoms with Gasteiger partial charge >= 0.3 is 0 Å². The summed E-state index contributed by atoms with van der Waals surface area (Å²) in [6, 6.07) is 0. The van der Waals surface area contributed by atoms with Crippen molar-refractivity contribution in [3.8, 4) is 0 Å². The molecule has 3 nitrogen and oxygen atoms in total. The first-order chi connectivity index (χ1) is 11.2. The van der Waals surface area contributed by atoms with Crippen molar-refractivity contribution in [2.45, 2.75) is 83.3 Å². The molecule has 0 spiro atoms. The van der Waals surface area contributed by atoms with Gasteiger partial charge in [-0.3, -0.25) is 0 Å². The predicted octanol–water partition coefficient (Wildman–Crippen LogP) is 4.09. The molecule has 23 heavy (non-hydrogen) atoms. The minimum Gasteiger partial charge on any atom is -0.550 e. The molecule has 0 aliphatic carbocycles. The molecule has 3 heteroatoms. The summed E-state index contributed by atoms with van der Waals surface area (Å²) in [5.74, 6) is -0.966. The number of rotatable bonds is 14. The lowest BCUT2D eigenvalue weighted by Gasteiger charge is -1.97. The molecule has 1 aliphatic heterocycles. The summed E-state index contributed by atoms with van der Waals surface area (Å²) in [7, 11) is 0. The van der Waals surface area contributed by atoms with Crippen LogP contribution in [-0.4, -0.2) is 18.2 Å². The number of hydrogen-bond donors (Lipinski definition) is 0. The molecule has 1 saturated heterocycles. The molecule has 0 aromatic heterocycles. The van der Waals surface area contributed by atoms with Gasteiger partial charge in [-0.2, -0.15) is 0 Å². The molecular weight excluding hydrogens is 288 g/mol. The Kier molecular flexibility index (Phi) is 11.2. The topological polar surface area (TPSA) is 52.7 Å². The fourth-order valence-electron chi connectivity index (χ4n) is 2.44. The third-order valence-electron chi connectivity index (χ3n) is 3.92. The van der Waals surface area contributed by atoms with E-state index in [1.165, 1.54) is 25.7 Å². The van der Waals surface area contributed by atoms with E-state index in [1.807, 2.05) is 6.08 Å². The van der Waals surface area contributed by atoms with Gasteiger partial charge in [0.15, 0.2) is 0 Å². The van der Waals surface area contributed by atoms with Gasteiger partial charge in [-0.05, 0) is 51.4 Å². The molecule has 0 aromatic carbocycles. The molecule has 0 radical (unpaired) electrons. The summed E-state index contributed by atoms with van der Waals surface area (Å²) in [4.78, 5) is 10.3. The maximum absolute atomic E-state index is 10.3. The molecule has 130 valence electrons. The Balaban J connectivity index is 1.93. The van der Waals surface area contributed by atoms with Crippen LogP contribution >= 0.6 is 0 Å². The van der Waals surface area contributed by atoms with Crippen molar-refractivity contribution >= 4 is 5.97 Å². The molecule has 0 aromatic rings. The van der Waals surface area contributed by atoms with Crippen molar-refractivity contribution < 1.29 is 14.6 Å². The lowest BCUT2D eigenvalue weighted by molar-refractivity contribution is -0.305. The fraction of sp³-hybridized carbons (Fsp3) is 0.650. The second-order valence-electron chi connectivity index (χ2n) is 6.09. The largest absolute Gasteiger partial charge is 0.550 e. The Labute approximate surface area is 141 Å². The summed E-state index contributed by atoms with van der Waals surface area (Å²) >= 11 is 0. The van der Waals surface area contributed by atoms with Crippen molar-refractivity contribution in [2.75, 3.05) is 0 Å². The van der Waals surface area contributed by atoms with Gasteiger partial charge in [0, 0.05) is 5.97 Å². The molecule has 1 aliphatic rings. The van der Waals surface area contributed by atoms with E-state index in [0.717, 1.165) is 25.7 Å². The van der Waals surface area contributed by atoms with E-state index in [-0.39, 0.29) is 6.42 Å². The zero-order chi connectivity index (χ0) is 16.8. The highest BCUT2D eigenvalue weighted by molar-refractivity contribution is 5.64. The third kappa shape index (κ3) is 11.8. The van der Waals surface area contributed by atoms with Crippen LogP contribution in [-0.2, 0) is 9.53 Å². The molecule has 0 saturated carbocycles. The quantitative estimate of drug-likeness (QED) is 0.275. The number of carbonyl (C=O) groups is 1. The molecule has 1 heterocycles. The molecule has 0 N–H and O–H groups in total. The predicted molar refractivity (Wildman–Crippen MR) is 92.9 cm³/mol. The molecule has 2 atom stereocenters. The van der Waals surface area contributed by atoms with Gasteiger partial charge in [0.2, 0.25) is 0 Å². The number of hydrogen-bond acceptors (Lipinski definition) is 3. The lowest BCUT2D eigenvalue weighted by Crippen LogP contribution is -2.21. The molecular formula is C20H31O3-. The van der Waals surface area contributed by atoms with Crippen LogP contribution < -0.4 is 5.11 Å². The van der Waals surface area contributed by atoms with Crippen molar-refractivity contribution in [3.63, 3.8) is 0 Å². The first kappa shape index (κ1) is 19.7. The van der Waals surface area contributed by atoms with Gasteiger partial charge in [0.1, 0.15) is 0 Å². The number of carbonyl (C=O) groups excluding carboxylic acids is 1. The number of carboxylic acids is 1. The highest BCUT2D eigenvalue weighted by Gasteiger charge is 2.35. The van der Waals surface area contributed by atoms with Crippen molar-refractivity contribution in [1.82, 2.24) is 0 Å².